The van der Waals surface area contributed by atoms with Gasteiger partial charge in [0.25, 0.3) is 0 Å². The van der Waals surface area contributed by atoms with Crippen molar-refractivity contribution in [3.63, 3.8) is 0 Å². The van der Waals surface area contributed by atoms with E-state index in [0.717, 1.165) is 19.2 Å². The summed E-state index contributed by atoms with van der Waals surface area (Å²) in [6, 6.07) is 2.00. The molecule has 0 radical (unpaired) electrons. The summed E-state index contributed by atoms with van der Waals surface area (Å²) in [6.45, 7) is 0. The number of benzene rings is 1. The number of primary sulfonamides is 1. The van der Waals surface area contributed by atoms with Gasteiger partial charge in [0, 0.05) is 5.56 Å². The van der Waals surface area contributed by atoms with E-state index in [9.17, 15) is 21.6 Å². The normalized spacial score (nSPS) is 13.9. The monoisotopic (exact) mass is 333 g/mol. The molecule has 0 heterocycles. The SMILES string of the molecule is COc1ccc(C(C(F)(F)F)S(N)(=O)=O)c(Cl)c1OC. The number of hydrogen-bond donors (Lipinski definition) is 1. The maximum Gasteiger partial charge on any atom is 0.410 e. The maximum atomic E-state index is 12.9. The van der Waals surface area contributed by atoms with Crippen molar-refractivity contribution in [2.45, 2.75) is 11.4 Å². The predicted molar refractivity (Wildman–Crippen MR) is 66.5 cm³/mol. The fourth-order valence-electron chi connectivity index (χ4n) is 1.65. The molecule has 0 saturated heterocycles. The number of hydrogen-bond acceptors (Lipinski definition) is 4. The van der Waals surface area contributed by atoms with Crippen molar-refractivity contribution in [1.82, 2.24) is 0 Å². The average Bonchev–Trinajstić information content (AvgIpc) is 2.27. The Morgan fingerprint density at radius 1 is 1.25 bits per heavy atom. The maximum absolute atomic E-state index is 12.9. The van der Waals surface area contributed by atoms with Crippen LogP contribution in [-0.2, 0) is 10.0 Å². The van der Waals surface area contributed by atoms with Crippen LogP contribution >= 0.6 is 11.6 Å². The Labute approximate surface area is 118 Å². The van der Waals surface area contributed by atoms with Crippen LogP contribution in [0.2, 0.25) is 5.02 Å². The molecular formula is C10H11ClF3NO4S. The topological polar surface area (TPSA) is 78.6 Å². The second kappa shape index (κ2) is 5.66. The fourth-order valence-corrected chi connectivity index (χ4v) is 2.98. The number of ether oxygens (including phenoxy) is 2. The smallest absolute Gasteiger partial charge is 0.410 e. The molecule has 0 spiro atoms. The lowest BCUT2D eigenvalue weighted by Crippen LogP contribution is -2.33. The van der Waals surface area contributed by atoms with Crippen LogP contribution < -0.4 is 14.6 Å². The molecule has 0 bridgehead atoms. The highest BCUT2D eigenvalue weighted by molar-refractivity contribution is 7.89. The number of halogens is 4. The summed E-state index contributed by atoms with van der Waals surface area (Å²) in [6.07, 6.45) is -5.11. The quantitative estimate of drug-likeness (QED) is 0.916. The van der Waals surface area contributed by atoms with Gasteiger partial charge in [-0.15, -0.1) is 0 Å². The van der Waals surface area contributed by atoms with Crippen molar-refractivity contribution < 1.29 is 31.1 Å². The van der Waals surface area contributed by atoms with Gasteiger partial charge in [0.1, 0.15) is 0 Å². The molecule has 0 amide bonds. The number of methoxy groups -OCH3 is 2. The van der Waals surface area contributed by atoms with Crippen LogP contribution in [0, 0.1) is 0 Å². The second-order valence-electron chi connectivity index (χ2n) is 3.71. The molecule has 10 heteroatoms. The third kappa shape index (κ3) is 3.28. The highest BCUT2D eigenvalue weighted by atomic mass is 35.5. The molecule has 0 aromatic heterocycles. The van der Waals surface area contributed by atoms with E-state index in [1.807, 2.05) is 0 Å². The summed E-state index contributed by atoms with van der Waals surface area (Å²) in [5.74, 6) is -0.138. The lowest BCUT2D eigenvalue weighted by atomic mass is 10.1. The summed E-state index contributed by atoms with van der Waals surface area (Å²) in [7, 11) is -2.53. The van der Waals surface area contributed by atoms with E-state index < -0.39 is 32.0 Å². The molecule has 0 fully saturated rings. The number of nitrogens with two attached hydrogens (primary N) is 1. The Bertz CT molecular complexity index is 603. The molecule has 0 aliphatic carbocycles. The van der Waals surface area contributed by atoms with E-state index in [4.69, 9.17) is 21.1 Å². The largest absolute Gasteiger partial charge is 0.493 e. The van der Waals surface area contributed by atoms with Crippen molar-refractivity contribution >= 4 is 21.6 Å². The fraction of sp³-hybridized carbons (Fsp3) is 0.400. The van der Waals surface area contributed by atoms with Crippen LogP contribution in [0.15, 0.2) is 12.1 Å². The highest BCUT2D eigenvalue weighted by Crippen LogP contribution is 2.46. The van der Waals surface area contributed by atoms with Crippen molar-refractivity contribution in [3.8, 4) is 11.5 Å². The van der Waals surface area contributed by atoms with E-state index in [1.54, 1.807) is 0 Å². The third-order valence-corrected chi connectivity index (χ3v) is 3.99. The Morgan fingerprint density at radius 3 is 2.15 bits per heavy atom. The molecule has 1 unspecified atom stereocenters. The third-order valence-electron chi connectivity index (χ3n) is 2.42. The van der Waals surface area contributed by atoms with Crippen LogP contribution in [0.5, 0.6) is 11.5 Å². The first-order valence-electron chi connectivity index (χ1n) is 5.02. The lowest BCUT2D eigenvalue weighted by molar-refractivity contribution is -0.131. The standard InChI is InChI=1S/C10H11ClF3NO4S/c1-18-6-4-3-5(7(11)8(6)19-2)9(10(12,13)14)20(15,16)17/h3-4,9H,1-2H3,(H2,15,16,17). The van der Waals surface area contributed by atoms with Gasteiger partial charge < -0.3 is 9.47 Å². The molecule has 0 aliphatic heterocycles. The minimum atomic E-state index is -5.11. The minimum absolute atomic E-state index is 0.0663. The lowest BCUT2D eigenvalue weighted by Gasteiger charge is -2.21. The molecule has 2 N–H and O–H groups in total. The first-order chi connectivity index (χ1) is 9.04. The molecule has 1 aromatic carbocycles. The van der Waals surface area contributed by atoms with Crippen molar-refractivity contribution in [3.05, 3.63) is 22.7 Å². The first-order valence-corrected chi connectivity index (χ1v) is 7.01. The average molecular weight is 334 g/mol. The molecule has 1 atom stereocenters. The molecule has 1 rings (SSSR count). The van der Waals surface area contributed by atoms with E-state index in [1.165, 1.54) is 7.11 Å². The van der Waals surface area contributed by atoms with Gasteiger partial charge in [-0.05, 0) is 6.07 Å². The van der Waals surface area contributed by atoms with Crippen LogP contribution in [0.3, 0.4) is 0 Å². The van der Waals surface area contributed by atoms with Crippen molar-refractivity contribution in [2.75, 3.05) is 14.2 Å². The van der Waals surface area contributed by atoms with Crippen LogP contribution in [-0.4, -0.2) is 28.8 Å². The molecule has 0 saturated carbocycles. The van der Waals surface area contributed by atoms with Crippen LogP contribution in [0.25, 0.3) is 0 Å². The van der Waals surface area contributed by atoms with Gasteiger partial charge in [-0.3, -0.25) is 0 Å². The zero-order valence-corrected chi connectivity index (χ0v) is 11.9. The van der Waals surface area contributed by atoms with E-state index in [0.29, 0.717) is 0 Å². The minimum Gasteiger partial charge on any atom is -0.493 e. The molecule has 114 valence electrons. The van der Waals surface area contributed by atoms with Gasteiger partial charge >= 0.3 is 6.18 Å². The van der Waals surface area contributed by atoms with Crippen LogP contribution in [0.1, 0.15) is 10.8 Å². The molecule has 1 aromatic rings. The summed E-state index contributed by atoms with van der Waals surface area (Å²) in [5.41, 5.74) is -0.723. The molecule has 0 aliphatic rings. The van der Waals surface area contributed by atoms with Crippen LogP contribution in [0.4, 0.5) is 13.2 Å². The second-order valence-corrected chi connectivity index (χ2v) is 5.74. The number of sulfonamides is 1. The van der Waals surface area contributed by atoms with Gasteiger partial charge in [-0.1, -0.05) is 17.7 Å². The Hall–Kier alpha value is -1.19. The van der Waals surface area contributed by atoms with Gasteiger partial charge in [-0.2, -0.15) is 13.2 Å². The van der Waals surface area contributed by atoms with Crippen molar-refractivity contribution in [2.24, 2.45) is 5.14 Å². The zero-order chi connectivity index (χ0) is 15.7. The predicted octanol–water partition coefficient (Wildman–Crippen LogP) is 2.25. The summed E-state index contributed by atoms with van der Waals surface area (Å²) < 4.78 is 70.8. The van der Waals surface area contributed by atoms with E-state index in [-0.39, 0.29) is 11.5 Å². The summed E-state index contributed by atoms with van der Waals surface area (Å²) in [4.78, 5) is 0. The van der Waals surface area contributed by atoms with Gasteiger partial charge in [-0.25, -0.2) is 13.6 Å². The summed E-state index contributed by atoms with van der Waals surface area (Å²) >= 11 is 5.77. The summed E-state index contributed by atoms with van der Waals surface area (Å²) in [5, 5.41) is 1.18. The van der Waals surface area contributed by atoms with Crippen molar-refractivity contribution in [1.29, 1.82) is 0 Å². The molecule has 5 nitrogen and oxygen atoms in total. The highest BCUT2D eigenvalue weighted by Gasteiger charge is 2.49. The Balaban J connectivity index is 3.60. The Kier molecular flexibility index (Phi) is 4.78. The van der Waals surface area contributed by atoms with E-state index >= 15 is 0 Å². The van der Waals surface area contributed by atoms with Gasteiger partial charge in [0.05, 0.1) is 19.2 Å². The zero-order valence-electron chi connectivity index (χ0n) is 10.4. The number of alkyl halides is 3. The van der Waals surface area contributed by atoms with E-state index in [2.05, 4.69) is 5.14 Å². The molecular weight excluding hydrogens is 323 g/mol. The van der Waals surface area contributed by atoms with Gasteiger partial charge in [0.15, 0.2) is 16.7 Å². The molecule has 20 heavy (non-hydrogen) atoms. The van der Waals surface area contributed by atoms with Gasteiger partial charge in [0.2, 0.25) is 10.0 Å². The number of rotatable bonds is 4. The first kappa shape index (κ1) is 16.9. The Morgan fingerprint density at radius 2 is 1.80 bits per heavy atom.